The first-order valence-corrected chi connectivity index (χ1v) is 10.1. The van der Waals surface area contributed by atoms with Crippen LogP contribution in [-0.4, -0.2) is 19.7 Å². The molecule has 0 radical (unpaired) electrons. The Kier molecular flexibility index (Phi) is 4.04. The maximum Gasteiger partial charge on any atom is 0.226 e. The highest BCUT2D eigenvalue weighted by Gasteiger charge is 2.41. The molecule has 4 heterocycles. The van der Waals surface area contributed by atoms with Crippen molar-refractivity contribution in [3.63, 3.8) is 0 Å². The van der Waals surface area contributed by atoms with Crippen molar-refractivity contribution in [3.05, 3.63) is 106 Å². The van der Waals surface area contributed by atoms with Gasteiger partial charge in [-0.15, -0.1) is 0 Å². The van der Waals surface area contributed by atoms with Gasteiger partial charge in [-0.1, -0.05) is 29.8 Å². The SMILES string of the molecule is Fc1ccccc1C1C2=C(Nc3ncnn31)c1cc(Cl)ccc1OC2c1ccncc1. The summed E-state index contributed by atoms with van der Waals surface area (Å²) in [5.74, 6) is 0.874. The Balaban J connectivity index is 1.67. The summed E-state index contributed by atoms with van der Waals surface area (Å²) in [5.41, 5.74) is 3.79. The summed E-state index contributed by atoms with van der Waals surface area (Å²) in [6.07, 6.45) is 4.40. The van der Waals surface area contributed by atoms with Gasteiger partial charge in [0.1, 0.15) is 30.0 Å². The van der Waals surface area contributed by atoms with Gasteiger partial charge in [-0.2, -0.15) is 10.1 Å². The van der Waals surface area contributed by atoms with Crippen molar-refractivity contribution in [2.75, 3.05) is 5.32 Å². The van der Waals surface area contributed by atoms with E-state index in [1.807, 2.05) is 30.3 Å². The van der Waals surface area contributed by atoms with Crippen LogP contribution < -0.4 is 10.1 Å². The number of halogens is 2. The van der Waals surface area contributed by atoms with E-state index in [1.165, 1.54) is 12.4 Å². The number of rotatable bonds is 2. The Hall–Kier alpha value is -3.71. The fourth-order valence-electron chi connectivity index (χ4n) is 4.25. The van der Waals surface area contributed by atoms with Crippen LogP contribution in [0.2, 0.25) is 5.02 Å². The summed E-state index contributed by atoms with van der Waals surface area (Å²) in [5, 5.41) is 8.35. The van der Waals surface area contributed by atoms with Crippen molar-refractivity contribution >= 4 is 23.2 Å². The lowest BCUT2D eigenvalue weighted by atomic mass is 9.84. The van der Waals surface area contributed by atoms with Crippen LogP contribution in [0.15, 0.2) is 78.9 Å². The van der Waals surface area contributed by atoms with Crippen LogP contribution in [0.5, 0.6) is 5.75 Å². The van der Waals surface area contributed by atoms with E-state index < -0.39 is 12.1 Å². The Labute approximate surface area is 182 Å². The van der Waals surface area contributed by atoms with Gasteiger partial charge in [0, 0.05) is 34.1 Å². The van der Waals surface area contributed by atoms with Gasteiger partial charge < -0.3 is 10.1 Å². The molecule has 0 amide bonds. The third kappa shape index (κ3) is 2.81. The molecule has 2 atom stereocenters. The van der Waals surface area contributed by atoms with Crippen LogP contribution in [0, 0.1) is 5.82 Å². The number of ether oxygens (including phenoxy) is 1. The van der Waals surface area contributed by atoms with Crippen molar-refractivity contribution in [2.45, 2.75) is 12.1 Å². The molecule has 6 nitrogen and oxygen atoms in total. The molecule has 2 aromatic heterocycles. The first-order chi connectivity index (χ1) is 15.2. The normalized spacial score (nSPS) is 19.0. The second kappa shape index (κ2) is 6.92. The van der Waals surface area contributed by atoms with Crippen molar-refractivity contribution < 1.29 is 9.13 Å². The highest BCUT2D eigenvalue weighted by atomic mass is 35.5. The van der Waals surface area contributed by atoms with Crippen LogP contribution in [0.4, 0.5) is 10.3 Å². The van der Waals surface area contributed by atoms with Gasteiger partial charge in [-0.05, 0) is 42.0 Å². The van der Waals surface area contributed by atoms with Crippen LogP contribution in [0.1, 0.15) is 28.8 Å². The quantitative estimate of drug-likeness (QED) is 0.482. The highest BCUT2D eigenvalue weighted by molar-refractivity contribution is 6.30. The standard InChI is InChI=1S/C23H15ClFN5O/c24-14-5-6-18-16(11-14)20-19(22(31-18)13-7-9-26-10-8-13)21(15-3-1-2-4-17(15)25)30-23(29-20)27-12-28-30/h1-12,21-22H,(H,27,28,29). The lowest BCUT2D eigenvalue weighted by Crippen LogP contribution is -2.32. The zero-order valence-corrected chi connectivity index (χ0v) is 16.8. The Morgan fingerprint density at radius 3 is 2.74 bits per heavy atom. The molecule has 4 aromatic rings. The maximum absolute atomic E-state index is 15.0. The smallest absolute Gasteiger partial charge is 0.226 e. The molecule has 2 aliphatic heterocycles. The van der Waals surface area contributed by atoms with Gasteiger partial charge in [0.05, 0.1) is 5.70 Å². The Morgan fingerprint density at radius 1 is 1.06 bits per heavy atom. The lowest BCUT2D eigenvalue weighted by Gasteiger charge is -2.39. The molecule has 152 valence electrons. The largest absolute Gasteiger partial charge is 0.480 e. The molecule has 6 rings (SSSR count). The third-order valence-corrected chi connectivity index (χ3v) is 5.82. The molecule has 2 aromatic carbocycles. The molecule has 0 saturated carbocycles. The number of hydrogen-bond acceptors (Lipinski definition) is 5. The van der Waals surface area contributed by atoms with Gasteiger partial charge >= 0.3 is 0 Å². The third-order valence-electron chi connectivity index (χ3n) is 5.58. The van der Waals surface area contributed by atoms with Crippen LogP contribution in [0.25, 0.3) is 5.70 Å². The van der Waals surface area contributed by atoms with E-state index >= 15 is 4.39 Å². The molecular weight excluding hydrogens is 417 g/mol. The van der Waals surface area contributed by atoms with E-state index in [-0.39, 0.29) is 5.82 Å². The first-order valence-electron chi connectivity index (χ1n) is 9.72. The molecule has 0 saturated heterocycles. The highest BCUT2D eigenvalue weighted by Crippen LogP contribution is 2.51. The Bertz CT molecular complexity index is 1340. The summed E-state index contributed by atoms with van der Waals surface area (Å²) in [6, 6.07) is 15.4. The van der Waals surface area contributed by atoms with E-state index in [4.69, 9.17) is 16.3 Å². The predicted octanol–water partition coefficient (Wildman–Crippen LogP) is 5.03. The molecule has 31 heavy (non-hydrogen) atoms. The topological polar surface area (TPSA) is 64.9 Å². The van der Waals surface area contributed by atoms with Crippen molar-refractivity contribution in [1.29, 1.82) is 0 Å². The number of fused-ring (bicyclic) bond motifs is 3. The van der Waals surface area contributed by atoms with Crippen LogP contribution >= 0.6 is 11.6 Å². The van der Waals surface area contributed by atoms with E-state index in [1.54, 1.807) is 35.3 Å². The fourth-order valence-corrected chi connectivity index (χ4v) is 4.42. The summed E-state index contributed by atoms with van der Waals surface area (Å²) in [4.78, 5) is 8.47. The zero-order chi connectivity index (χ0) is 20.9. The molecule has 0 spiro atoms. The minimum absolute atomic E-state index is 0.326. The second-order valence-corrected chi connectivity index (χ2v) is 7.76. The maximum atomic E-state index is 15.0. The summed E-state index contributed by atoms with van der Waals surface area (Å²) < 4.78 is 23.2. The average Bonchev–Trinajstić information content (AvgIpc) is 3.27. The van der Waals surface area contributed by atoms with Gasteiger partial charge in [0.25, 0.3) is 0 Å². The molecule has 8 heteroatoms. The van der Waals surface area contributed by atoms with Crippen LogP contribution in [0.3, 0.4) is 0 Å². The van der Waals surface area contributed by atoms with Gasteiger partial charge in [-0.25, -0.2) is 9.07 Å². The number of benzene rings is 2. The molecule has 1 N–H and O–H groups in total. The monoisotopic (exact) mass is 431 g/mol. The molecular formula is C23H15ClFN5O. The average molecular weight is 432 g/mol. The summed E-state index contributed by atoms with van der Waals surface area (Å²) in [7, 11) is 0. The fraction of sp³-hybridized carbons (Fsp3) is 0.0870. The van der Waals surface area contributed by atoms with Gasteiger partial charge in [-0.3, -0.25) is 4.98 Å². The molecule has 2 aliphatic rings. The molecule has 0 aliphatic carbocycles. The number of aromatic nitrogens is 4. The molecule has 0 bridgehead atoms. The van der Waals surface area contributed by atoms with E-state index in [0.717, 1.165) is 22.4 Å². The minimum Gasteiger partial charge on any atom is -0.480 e. The first kappa shape index (κ1) is 18.1. The van der Waals surface area contributed by atoms with E-state index in [2.05, 4.69) is 20.4 Å². The Morgan fingerprint density at radius 2 is 1.90 bits per heavy atom. The summed E-state index contributed by atoms with van der Waals surface area (Å²) in [6.45, 7) is 0. The van der Waals surface area contributed by atoms with Crippen molar-refractivity contribution in [3.8, 4) is 5.75 Å². The predicted molar refractivity (Wildman–Crippen MR) is 114 cm³/mol. The van der Waals surface area contributed by atoms with Crippen molar-refractivity contribution in [2.24, 2.45) is 0 Å². The number of hydrogen-bond donors (Lipinski definition) is 1. The van der Waals surface area contributed by atoms with Gasteiger partial charge in [0.15, 0.2) is 0 Å². The van der Waals surface area contributed by atoms with E-state index in [9.17, 15) is 0 Å². The second-order valence-electron chi connectivity index (χ2n) is 7.33. The van der Waals surface area contributed by atoms with Crippen molar-refractivity contribution in [1.82, 2.24) is 19.7 Å². The lowest BCUT2D eigenvalue weighted by molar-refractivity contribution is 0.222. The number of nitrogens with one attached hydrogen (secondary N) is 1. The van der Waals surface area contributed by atoms with Crippen LogP contribution in [-0.2, 0) is 0 Å². The minimum atomic E-state index is -0.555. The van der Waals surface area contributed by atoms with Gasteiger partial charge in [0.2, 0.25) is 5.95 Å². The van der Waals surface area contributed by atoms with E-state index in [0.29, 0.717) is 22.3 Å². The molecule has 0 fully saturated rings. The summed E-state index contributed by atoms with van der Waals surface area (Å²) >= 11 is 6.31. The number of anilines is 1. The zero-order valence-electron chi connectivity index (χ0n) is 16.0. The molecule has 2 unspecified atom stereocenters. The number of nitrogens with zero attached hydrogens (tertiary/aromatic N) is 4. The number of pyridine rings is 1.